The van der Waals surface area contributed by atoms with Gasteiger partial charge in [0.25, 0.3) is 0 Å². The standard InChI is InChI=1S/C14H18O/c1-6-12-9-13(15-5)7-8-14(12)11(4)10(2)3/h6-10H,1,4H2,2-3,5H3. The Morgan fingerprint density at radius 1 is 1.40 bits per heavy atom. The zero-order valence-corrected chi connectivity index (χ0v) is 9.71. The Balaban J connectivity index is 3.19. The first-order valence-electron chi connectivity index (χ1n) is 5.09. The van der Waals surface area contributed by atoms with Crippen molar-refractivity contribution in [1.29, 1.82) is 0 Å². The summed E-state index contributed by atoms with van der Waals surface area (Å²) in [6.07, 6.45) is 1.84. The summed E-state index contributed by atoms with van der Waals surface area (Å²) < 4.78 is 5.17. The Morgan fingerprint density at radius 3 is 2.53 bits per heavy atom. The smallest absolute Gasteiger partial charge is 0.119 e. The van der Waals surface area contributed by atoms with Gasteiger partial charge in [-0.25, -0.2) is 0 Å². The third-order valence-electron chi connectivity index (χ3n) is 2.52. The molecule has 0 saturated carbocycles. The molecule has 0 aliphatic heterocycles. The van der Waals surface area contributed by atoms with E-state index in [0.29, 0.717) is 5.92 Å². The number of hydrogen-bond acceptors (Lipinski definition) is 1. The van der Waals surface area contributed by atoms with E-state index < -0.39 is 0 Å². The second kappa shape index (κ2) is 4.83. The van der Waals surface area contributed by atoms with Gasteiger partial charge in [-0.15, -0.1) is 0 Å². The molecule has 0 bridgehead atoms. The fraction of sp³-hybridized carbons (Fsp3) is 0.286. The maximum absolute atomic E-state index is 5.17. The normalized spacial score (nSPS) is 10.1. The summed E-state index contributed by atoms with van der Waals surface area (Å²) in [6.45, 7) is 12.2. The summed E-state index contributed by atoms with van der Waals surface area (Å²) in [6, 6.07) is 5.98. The Kier molecular flexibility index (Phi) is 3.73. The highest BCUT2D eigenvalue weighted by Crippen LogP contribution is 2.28. The highest BCUT2D eigenvalue weighted by atomic mass is 16.5. The van der Waals surface area contributed by atoms with Gasteiger partial charge in [0.2, 0.25) is 0 Å². The lowest BCUT2D eigenvalue weighted by atomic mass is 9.93. The van der Waals surface area contributed by atoms with Gasteiger partial charge < -0.3 is 4.74 Å². The van der Waals surface area contributed by atoms with Crippen molar-refractivity contribution in [3.8, 4) is 5.75 Å². The molecule has 0 unspecified atom stereocenters. The molecule has 1 heteroatoms. The molecule has 80 valence electrons. The average molecular weight is 202 g/mol. The van der Waals surface area contributed by atoms with Gasteiger partial charge in [-0.2, -0.15) is 0 Å². The third-order valence-corrected chi connectivity index (χ3v) is 2.52. The fourth-order valence-electron chi connectivity index (χ4n) is 1.44. The van der Waals surface area contributed by atoms with Crippen LogP contribution < -0.4 is 4.74 Å². The molecule has 0 aromatic heterocycles. The van der Waals surface area contributed by atoms with Crippen molar-refractivity contribution in [3.05, 3.63) is 42.5 Å². The molecule has 1 aromatic rings. The van der Waals surface area contributed by atoms with Crippen LogP contribution in [0.3, 0.4) is 0 Å². The molecule has 1 nitrogen and oxygen atoms in total. The largest absolute Gasteiger partial charge is 0.497 e. The minimum atomic E-state index is 0.442. The van der Waals surface area contributed by atoms with E-state index in [1.54, 1.807) is 7.11 Å². The maximum atomic E-state index is 5.17. The van der Waals surface area contributed by atoms with E-state index >= 15 is 0 Å². The van der Waals surface area contributed by atoms with Gasteiger partial charge in [-0.05, 0) is 34.8 Å². The minimum Gasteiger partial charge on any atom is -0.497 e. The van der Waals surface area contributed by atoms with Crippen molar-refractivity contribution in [2.75, 3.05) is 7.11 Å². The van der Waals surface area contributed by atoms with Crippen LogP contribution in [0.1, 0.15) is 25.0 Å². The molecule has 0 aliphatic rings. The van der Waals surface area contributed by atoms with Gasteiger partial charge >= 0.3 is 0 Å². The summed E-state index contributed by atoms with van der Waals surface area (Å²) in [7, 11) is 1.67. The Hall–Kier alpha value is -1.50. The molecule has 0 N–H and O–H groups in total. The maximum Gasteiger partial charge on any atom is 0.119 e. The van der Waals surface area contributed by atoms with Crippen LogP contribution in [0.2, 0.25) is 0 Å². The number of rotatable bonds is 4. The van der Waals surface area contributed by atoms with Crippen LogP contribution in [-0.2, 0) is 0 Å². The lowest BCUT2D eigenvalue weighted by Gasteiger charge is -2.13. The van der Waals surface area contributed by atoms with E-state index in [2.05, 4.69) is 27.0 Å². The Labute approximate surface area is 92.1 Å². The lowest BCUT2D eigenvalue weighted by Crippen LogP contribution is -1.95. The predicted octanol–water partition coefficient (Wildman–Crippen LogP) is 4.01. The number of allylic oxidation sites excluding steroid dienone is 1. The third kappa shape index (κ3) is 2.50. The van der Waals surface area contributed by atoms with Crippen LogP contribution in [0.15, 0.2) is 31.4 Å². The summed E-state index contributed by atoms with van der Waals surface area (Å²) in [5, 5.41) is 0. The van der Waals surface area contributed by atoms with Gasteiger partial charge in [0.05, 0.1) is 7.11 Å². The monoisotopic (exact) mass is 202 g/mol. The predicted molar refractivity (Wildman–Crippen MR) is 67.0 cm³/mol. The summed E-state index contributed by atoms with van der Waals surface area (Å²) in [4.78, 5) is 0. The van der Waals surface area contributed by atoms with Crippen LogP contribution in [0.5, 0.6) is 5.75 Å². The second-order valence-corrected chi connectivity index (χ2v) is 3.84. The van der Waals surface area contributed by atoms with Crippen LogP contribution in [0.25, 0.3) is 11.6 Å². The molecule has 1 rings (SSSR count). The van der Waals surface area contributed by atoms with Gasteiger partial charge in [0.1, 0.15) is 5.75 Å². The average Bonchev–Trinajstić information content (AvgIpc) is 2.27. The number of hydrogen-bond donors (Lipinski definition) is 0. The van der Waals surface area contributed by atoms with E-state index in [1.807, 2.05) is 24.3 Å². The van der Waals surface area contributed by atoms with E-state index in [1.165, 1.54) is 0 Å². The van der Waals surface area contributed by atoms with Crippen molar-refractivity contribution in [2.24, 2.45) is 5.92 Å². The number of methoxy groups -OCH3 is 1. The van der Waals surface area contributed by atoms with Crippen LogP contribution in [0, 0.1) is 5.92 Å². The van der Waals surface area contributed by atoms with Crippen molar-refractivity contribution in [1.82, 2.24) is 0 Å². The quantitative estimate of drug-likeness (QED) is 0.717. The molecule has 0 radical (unpaired) electrons. The van der Waals surface area contributed by atoms with Gasteiger partial charge in [0, 0.05) is 0 Å². The summed E-state index contributed by atoms with van der Waals surface area (Å²) in [5.74, 6) is 1.29. The van der Waals surface area contributed by atoms with Crippen molar-refractivity contribution >= 4 is 11.6 Å². The topological polar surface area (TPSA) is 9.23 Å². The number of benzene rings is 1. The molecule has 0 heterocycles. The number of ether oxygens (including phenoxy) is 1. The second-order valence-electron chi connectivity index (χ2n) is 3.84. The molecule has 0 amide bonds. The van der Waals surface area contributed by atoms with Gasteiger partial charge in [-0.3, -0.25) is 0 Å². The molecular weight excluding hydrogens is 184 g/mol. The molecular formula is C14H18O. The molecule has 0 aliphatic carbocycles. The first kappa shape index (κ1) is 11.6. The molecule has 0 saturated heterocycles. The molecule has 0 spiro atoms. The Bertz CT molecular complexity index is 375. The minimum absolute atomic E-state index is 0.442. The zero-order valence-electron chi connectivity index (χ0n) is 9.71. The molecule has 15 heavy (non-hydrogen) atoms. The molecule has 0 fully saturated rings. The van der Waals surface area contributed by atoms with Crippen molar-refractivity contribution < 1.29 is 4.74 Å². The van der Waals surface area contributed by atoms with Crippen LogP contribution in [-0.4, -0.2) is 7.11 Å². The van der Waals surface area contributed by atoms with Crippen LogP contribution >= 0.6 is 0 Å². The Morgan fingerprint density at radius 2 is 2.07 bits per heavy atom. The van der Waals surface area contributed by atoms with Gasteiger partial charge in [0.15, 0.2) is 0 Å². The van der Waals surface area contributed by atoms with Crippen LogP contribution in [0.4, 0.5) is 0 Å². The SMILES string of the molecule is C=Cc1cc(OC)ccc1C(=C)C(C)C. The van der Waals surface area contributed by atoms with Crippen molar-refractivity contribution in [2.45, 2.75) is 13.8 Å². The summed E-state index contributed by atoms with van der Waals surface area (Å²) >= 11 is 0. The highest BCUT2D eigenvalue weighted by molar-refractivity contribution is 5.74. The molecule has 0 atom stereocenters. The lowest BCUT2D eigenvalue weighted by molar-refractivity contribution is 0.414. The van der Waals surface area contributed by atoms with E-state index in [-0.39, 0.29) is 0 Å². The first-order valence-corrected chi connectivity index (χ1v) is 5.09. The summed E-state index contributed by atoms with van der Waals surface area (Å²) in [5.41, 5.74) is 3.36. The highest BCUT2D eigenvalue weighted by Gasteiger charge is 2.08. The fourth-order valence-corrected chi connectivity index (χ4v) is 1.44. The van der Waals surface area contributed by atoms with E-state index in [9.17, 15) is 0 Å². The van der Waals surface area contributed by atoms with Crippen molar-refractivity contribution in [3.63, 3.8) is 0 Å². The zero-order chi connectivity index (χ0) is 11.4. The molecule has 1 aromatic carbocycles. The van der Waals surface area contributed by atoms with Gasteiger partial charge in [-0.1, -0.05) is 39.1 Å². The van der Waals surface area contributed by atoms with E-state index in [4.69, 9.17) is 4.74 Å². The van der Waals surface area contributed by atoms with E-state index in [0.717, 1.165) is 22.4 Å². The first-order chi connectivity index (χ1) is 7.10.